The first-order chi connectivity index (χ1) is 8.78. The van der Waals surface area contributed by atoms with Crippen LogP contribution in [-0.2, 0) is 0 Å². The second kappa shape index (κ2) is 6.52. The highest BCUT2D eigenvalue weighted by molar-refractivity contribution is 5.93. The molecule has 19 heavy (non-hydrogen) atoms. The van der Waals surface area contributed by atoms with Crippen molar-refractivity contribution in [2.45, 2.75) is 26.3 Å². The summed E-state index contributed by atoms with van der Waals surface area (Å²) in [5.74, 6) is -0.149. The van der Waals surface area contributed by atoms with Crippen LogP contribution in [0.25, 0.3) is 0 Å². The third-order valence-electron chi connectivity index (χ3n) is 2.37. The van der Waals surface area contributed by atoms with Crippen molar-refractivity contribution in [3.8, 4) is 0 Å². The first-order valence-electron chi connectivity index (χ1n) is 6.45. The van der Waals surface area contributed by atoms with E-state index in [1.807, 2.05) is 40.9 Å². The molecule has 0 radical (unpaired) electrons. The van der Waals surface area contributed by atoms with Crippen LogP contribution in [0.3, 0.4) is 0 Å². The van der Waals surface area contributed by atoms with E-state index < -0.39 is 0 Å². The van der Waals surface area contributed by atoms with E-state index in [9.17, 15) is 4.79 Å². The average molecular weight is 264 g/mol. The molecule has 0 unspecified atom stereocenters. The number of pyridine rings is 1. The molecule has 5 nitrogen and oxygen atoms in total. The number of likely N-dealkylation sites (N-methyl/N-ethyl adjacent to an activating group) is 1. The fourth-order valence-electron chi connectivity index (χ4n) is 1.49. The smallest absolute Gasteiger partial charge is 0.270 e. The molecule has 0 saturated heterocycles. The van der Waals surface area contributed by atoms with Crippen LogP contribution >= 0.6 is 0 Å². The molecule has 1 aromatic rings. The predicted octanol–water partition coefficient (Wildman–Crippen LogP) is 1.58. The molecule has 1 rings (SSSR count). The standard InChI is InChI=1S/C14H24N4O/c1-14(2,3)17-13(19)12-10-11(6-7-16-12)15-8-9-18(4)5/h6-7,10H,8-9H2,1-5H3,(H,15,16)(H,17,19). The van der Waals surface area contributed by atoms with E-state index in [-0.39, 0.29) is 11.4 Å². The van der Waals surface area contributed by atoms with Gasteiger partial charge in [-0.15, -0.1) is 0 Å². The van der Waals surface area contributed by atoms with Crippen molar-refractivity contribution in [3.05, 3.63) is 24.0 Å². The monoisotopic (exact) mass is 264 g/mol. The summed E-state index contributed by atoms with van der Waals surface area (Å²) in [4.78, 5) is 18.2. The largest absolute Gasteiger partial charge is 0.384 e. The number of anilines is 1. The Balaban J connectivity index is 2.64. The maximum atomic E-state index is 12.0. The zero-order valence-electron chi connectivity index (χ0n) is 12.4. The Morgan fingerprint density at radius 2 is 2.05 bits per heavy atom. The number of aromatic nitrogens is 1. The van der Waals surface area contributed by atoms with Gasteiger partial charge in [-0.05, 0) is 47.0 Å². The Labute approximate surface area is 115 Å². The van der Waals surface area contributed by atoms with Gasteiger partial charge < -0.3 is 15.5 Å². The lowest BCUT2D eigenvalue weighted by atomic mass is 10.1. The number of nitrogens with one attached hydrogen (secondary N) is 2. The van der Waals surface area contributed by atoms with Crippen LogP contribution in [0, 0.1) is 0 Å². The van der Waals surface area contributed by atoms with Crippen molar-refractivity contribution in [2.24, 2.45) is 0 Å². The van der Waals surface area contributed by atoms with Crippen molar-refractivity contribution in [2.75, 3.05) is 32.5 Å². The van der Waals surface area contributed by atoms with Gasteiger partial charge in [-0.1, -0.05) is 0 Å². The fourth-order valence-corrected chi connectivity index (χ4v) is 1.49. The minimum absolute atomic E-state index is 0.149. The van der Waals surface area contributed by atoms with Crippen LogP contribution in [0.15, 0.2) is 18.3 Å². The second-order valence-electron chi connectivity index (χ2n) is 5.86. The molecule has 0 spiro atoms. The summed E-state index contributed by atoms with van der Waals surface area (Å²) in [7, 11) is 4.05. The highest BCUT2D eigenvalue weighted by atomic mass is 16.2. The molecule has 0 bridgehead atoms. The highest BCUT2D eigenvalue weighted by Crippen LogP contribution is 2.09. The molecule has 1 heterocycles. The highest BCUT2D eigenvalue weighted by Gasteiger charge is 2.16. The quantitative estimate of drug-likeness (QED) is 0.848. The number of hydrogen-bond acceptors (Lipinski definition) is 4. The molecule has 0 aliphatic rings. The lowest BCUT2D eigenvalue weighted by molar-refractivity contribution is 0.0914. The Hall–Kier alpha value is -1.62. The van der Waals surface area contributed by atoms with Crippen LogP contribution in [0.5, 0.6) is 0 Å². The van der Waals surface area contributed by atoms with E-state index >= 15 is 0 Å². The molecule has 1 aromatic heterocycles. The topological polar surface area (TPSA) is 57.3 Å². The lowest BCUT2D eigenvalue weighted by Gasteiger charge is -2.20. The summed E-state index contributed by atoms with van der Waals surface area (Å²) in [5, 5.41) is 6.17. The van der Waals surface area contributed by atoms with E-state index in [2.05, 4.69) is 20.5 Å². The van der Waals surface area contributed by atoms with Gasteiger partial charge in [-0.3, -0.25) is 9.78 Å². The Kier molecular flexibility index (Phi) is 5.30. The lowest BCUT2D eigenvalue weighted by Crippen LogP contribution is -2.40. The van der Waals surface area contributed by atoms with Crippen molar-refractivity contribution in [1.82, 2.24) is 15.2 Å². The minimum atomic E-state index is -0.257. The molecule has 106 valence electrons. The van der Waals surface area contributed by atoms with Gasteiger partial charge in [-0.25, -0.2) is 0 Å². The molecule has 0 aromatic carbocycles. The van der Waals surface area contributed by atoms with Crippen LogP contribution in [0.2, 0.25) is 0 Å². The number of nitrogens with zero attached hydrogens (tertiary/aromatic N) is 2. The SMILES string of the molecule is CN(C)CCNc1ccnc(C(=O)NC(C)(C)C)c1. The number of carbonyl (C=O) groups is 1. The Morgan fingerprint density at radius 3 is 2.63 bits per heavy atom. The molecule has 0 aliphatic heterocycles. The number of hydrogen-bond donors (Lipinski definition) is 2. The summed E-state index contributed by atoms with van der Waals surface area (Å²) in [6, 6.07) is 3.64. The minimum Gasteiger partial charge on any atom is -0.384 e. The summed E-state index contributed by atoms with van der Waals surface area (Å²) < 4.78 is 0. The Morgan fingerprint density at radius 1 is 1.37 bits per heavy atom. The van der Waals surface area contributed by atoms with Crippen LogP contribution in [-0.4, -0.2) is 48.5 Å². The maximum absolute atomic E-state index is 12.0. The van der Waals surface area contributed by atoms with Crippen LogP contribution < -0.4 is 10.6 Å². The Bertz CT molecular complexity index is 424. The summed E-state index contributed by atoms with van der Waals surface area (Å²) in [5.41, 5.74) is 1.09. The fraction of sp³-hybridized carbons (Fsp3) is 0.571. The average Bonchev–Trinajstić information content (AvgIpc) is 2.26. The van der Waals surface area contributed by atoms with Crippen molar-refractivity contribution < 1.29 is 4.79 Å². The van der Waals surface area contributed by atoms with Crippen molar-refractivity contribution in [3.63, 3.8) is 0 Å². The van der Waals surface area contributed by atoms with E-state index in [4.69, 9.17) is 0 Å². The first kappa shape index (κ1) is 15.4. The van der Waals surface area contributed by atoms with Gasteiger partial charge in [-0.2, -0.15) is 0 Å². The number of amides is 1. The summed E-state index contributed by atoms with van der Waals surface area (Å²) in [6.45, 7) is 7.61. The van der Waals surface area contributed by atoms with Gasteiger partial charge in [0.25, 0.3) is 5.91 Å². The molecule has 0 aliphatic carbocycles. The van der Waals surface area contributed by atoms with E-state index in [1.54, 1.807) is 12.3 Å². The number of rotatable bonds is 5. The van der Waals surface area contributed by atoms with Gasteiger partial charge in [0, 0.05) is 30.5 Å². The molecule has 1 amide bonds. The van der Waals surface area contributed by atoms with Gasteiger partial charge in [0.2, 0.25) is 0 Å². The zero-order chi connectivity index (χ0) is 14.5. The maximum Gasteiger partial charge on any atom is 0.270 e. The van der Waals surface area contributed by atoms with E-state index in [0.717, 1.165) is 18.8 Å². The van der Waals surface area contributed by atoms with Gasteiger partial charge in [0.1, 0.15) is 5.69 Å². The normalized spacial score (nSPS) is 11.5. The van der Waals surface area contributed by atoms with Crippen LogP contribution in [0.4, 0.5) is 5.69 Å². The van der Waals surface area contributed by atoms with Crippen molar-refractivity contribution >= 4 is 11.6 Å². The number of carbonyl (C=O) groups excluding carboxylic acids is 1. The molecule has 0 saturated carbocycles. The third-order valence-corrected chi connectivity index (χ3v) is 2.37. The van der Waals surface area contributed by atoms with Crippen molar-refractivity contribution in [1.29, 1.82) is 0 Å². The van der Waals surface area contributed by atoms with Crippen LogP contribution in [0.1, 0.15) is 31.3 Å². The second-order valence-corrected chi connectivity index (χ2v) is 5.86. The molecular formula is C14H24N4O. The van der Waals surface area contributed by atoms with E-state index in [1.165, 1.54) is 0 Å². The van der Waals surface area contributed by atoms with Gasteiger partial charge in [0.05, 0.1) is 0 Å². The van der Waals surface area contributed by atoms with E-state index in [0.29, 0.717) is 5.69 Å². The van der Waals surface area contributed by atoms with Gasteiger partial charge >= 0.3 is 0 Å². The first-order valence-corrected chi connectivity index (χ1v) is 6.45. The van der Waals surface area contributed by atoms with Gasteiger partial charge in [0.15, 0.2) is 0 Å². The third kappa shape index (κ3) is 6.20. The molecule has 2 N–H and O–H groups in total. The molecular weight excluding hydrogens is 240 g/mol. The molecule has 5 heteroatoms. The predicted molar refractivity (Wildman–Crippen MR) is 78.5 cm³/mol. The summed E-state index contributed by atoms with van der Waals surface area (Å²) >= 11 is 0. The summed E-state index contributed by atoms with van der Waals surface area (Å²) in [6.07, 6.45) is 1.65. The molecule has 0 atom stereocenters. The zero-order valence-corrected chi connectivity index (χ0v) is 12.4. The molecule has 0 fully saturated rings.